The first-order valence-corrected chi connectivity index (χ1v) is 7.78. The number of likely N-dealkylation sites (N-methyl/N-ethyl adjacent to an activating group) is 1. The third kappa shape index (κ3) is 4.37. The SMILES string of the molecule is CC(c1ccccc1Cl)N(C)CCNc1ccccc1Cl. The Bertz CT molecular complexity index is 587. The Balaban J connectivity index is 1.89. The van der Waals surface area contributed by atoms with Crippen molar-refractivity contribution < 1.29 is 0 Å². The van der Waals surface area contributed by atoms with Crippen molar-refractivity contribution in [1.82, 2.24) is 4.90 Å². The first-order valence-electron chi connectivity index (χ1n) is 7.02. The Labute approximate surface area is 136 Å². The van der Waals surface area contributed by atoms with Crippen LogP contribution in [0.4, 0.5) is 5.69 Å². The molecule has 0 radical (unpaired) electrons. The molecule has 2 aromatic carbocycles. The van der Waals surface area contributed by atoms with E-state index >= 15 is 0 Å². The molecule has 0 amide bonds. The zero-order chi connectivity index (χ0) is 15.2. The van der Waals surface area contributed by atoms with E-state index in [9.17, 15) is 0 Å². The molecule has 0 spiro atoms. The van der Waals surface area contributed by atoms with E-state index in [-0.39, 0.29) is 6.04 Å². The maximum Gasteiger partial charge on any atom is 0.0637 e. The molecule has 4 heteroatoms. The van der Waals surface area contributed by atoms with Crippen LogP contribution in [0.1, 0.15) is 18.5 Å². The maximum absolute atomic E-state index is 6.25. The average molecular weight is 323 g/mol. The summed E-state index contributed by atoms with van der Waals surface area (Å²) in [6.07, 6.45) is 0. The molecule has 0 bridgehead atoms. The lowest BCUT2D eigenvalue weighted by atomic mass is 10.1. The topological polar surface area (TPSA) is 15.3 Å². The lowest BCUT2D eigenvalue weighted by Crippen LogP contribution is -2.28. The summed E-state index contributed by atoms with van der Waals surface area (Å²) in [5, 5.41) is 4.92. The van der Waals surface area contributed by atoms with Gasteiger partial charge in [0.25, 0.3) is 0 Å². The summed E-state index contributed by atoms with van der Waals surface area (Å²) in [5.74, 6) is 0. The molecule has 2 aromatic rings. The van der Waals surface area contributed by atoms with Crippen LogP contribution in [-0.4, -0.2) is 25.0 Å². The Hall–Kier alpha value is -1.22. The lowest BCUT2D eigenvalue weighted by Gasteiger charge is -2.26. The Morgan fingerprint density at radius 3 is 2.29 bits per heavy atom. The fraction of sp³-hybridized carbons (Fsp3) is 0.294. The maximum atomic E-state index is 6.25. The van der Waals surface area contributed by atoms with Crippen LogP contribution in [0.3, 0.4) is 0 Å². The van der Waals surface area contributed by atoms with Gasteiger partial charge in [0, 0.05) is 24.2 Å². The van der Waals surface area contributed by atoms with Crippen molar-refractivity contribution in [2.24, 2.45) is 0 Å². The standard InChI is InChI=1S/C17H20Cl2N2/c1-13(14-7-3-4-8-15(14)18)21(2)12-11-20-17-10-6-5-9-16(17)19/h3-10,13,20H,11-12H2,1-2H3. The molecule has 0 aliphatic carbocycles. The van der Waals surface area contributed by atoms with Gasteiger partial charge >= 0.3 is 0 Å². The first kappa shape index (κ1) is 16.2. The van der Waals surface area contributed by atoms with Gasteiger partial charge in [0.2, 0.25) is 0 Å². The minimum absolute atomic E-state index is 0.270. The second-order valence-electron chi connectivity index (χ2n) is 5.08. The highest BCUT2D eigenvalue weighted by atomic mass is 35.5. The summed E-state index contributed by atoms with van der Waals surface area (Å²) in [7, 11) is 2.10. The van der Waals surface area contributed by atoms with Crippen LogP contribution < -0.4 is 5.32 Å². The van der Waals surface area contributed by atoms with Gasteiger partial charge in [0.05, 0.1) is 10.7 Å². The van der Waals surface area contributed by atoms with E-state index in [2.05, 4.69) is 30.3 Å². The predicted octanol–water partition coefficient (Wildman–Crippen LogP) is 5.10. The summed E-state index contributed by atoms with van der Waals surface area (Å²) < 4.78 is 0. The predicted molar refractivity (Wildman–Crippen MR) is 92.4 cm³/mol. The van der Waals surface area contributed by atoms with E-state index in [1.807, 2.05) is 42.5 Å². The van der Waals surface area contributed by atoms with E-state index in [0.29, 0.717) is 0 Å². The fourth-order valence-electron chi connectivity index (χ4n) is 2.22. The van der Waals surface area contributed by atoms with Crippen LogP contribution in [0, 0.1) is 0 Å². The quantitative estimate of drug-likeness (QED) is 0.796. The Morgan fingerprint density at radius 2 is 1.62 bits per heavy atom. The van der Waals surface area contributed by atoms with Crippen molar-refractivity contribution >= 4 is 28.9 Å². The molecule has 2 nitrogen and oxygen atoms in total. The van der Waals surface area contributed by atoms with Crippen molar-refractivity contribution in [3.05, 3.63) is 64.1 Å². The summed E-state index contributed by atoms with van der Waals surface area (Å²) in [6, 6.07) is 16.0. The normalized spacial score (nSPS) is 12.4. The fourth-order valence-corrected chi connectivity index (χ4v) is 2.71. The van der Waals surface area contributed by atoms with Gasteiger partial charge in [0.15, 0.2) is 0 Å². The first-order chi connectivity index (χ1) is 10.1. The Morgan fingerprint density at radius 1 is 1.00 bits per heavy atom. The lowest BCUT2D eigenvalue weighted by molar-refractivity contribution is 0.272. The highest BCUT2D eigenvalue weighted by Crippen LogP contribution is 2.26. The van der Waals surface area contributed by atoms with Gasteiger partial charge in [0.1, 0.15) is 0 Å². The molecule has 0 aromatic heterocycles. The highest BCUT2D eigenvalue weighted by molar-refractivity contribution is 6.33. The highest BCUT2D eigenvalue weighted by Gasteiger charge is 2.13. The van der Waals surface area contributed by atoms with Crippen LogP contribution in [0.25, 0.3) is 0 Å². The molecule has 0 fully saturated rings. The molecule has 2 rings (SSSR count). The van der Waals surface area contributed by atoms with Gasteiger partial charge < -0.3 is 5.32 Å². The molecule has 0 aliphatic rings. The molecular weight excluding hydrogens is 303 g/mol. The number of anilines is 1. The van der Waals surface area contributed by atoms with E-state index in [1.54, 1.807) is 0 Å². The van der Waals surface area contributed by atoms with Gasteiger partial charge in [-0.1, -0.05) is 53.5 Å². The number of rotatable bonds is 6. The van der Waals surface area contributed by atoms with Gasteiger partial charge in [-0.3, -0.25) is 4.90 Å². The molecule has 21 heavy (non-hydrogen) atoms. The number of hydrogen-bond donors (Lipinski definition) is 1. The van der Waals surface area contributed by atoms with Gasteiger partial charge in [-0.2, -0.15) is 0 Å². The van der Waals surface area contributed by atoms with Crippen molar-refractivity contribution in [3.8, 4) is 0 Å². The molecule has 0 saturated carbocycles. The zero-order valence-corrected chi connectivity index (χ0v) is 13.8. The molecular formula is C17H20Cl2N2. The largest absolute Gasteiger partial charge is 0.383 e. The summed E-state index contributed by atoms with van der Waals surface area (Å²) in [5.41, 5.74) is 2.12. The molecule has 1 N–H and O–H groups in total. The molecule has 1 unspecified atom stereocenters. The summed E-state index contributed by atoms with van der Waals surface area (Å²) >= 11 is 12.4. The van der Waals surface area contributed by atoms with Crippen molar-refractivity contribution in [2.45, 2.75) is 13.0 Å². The Kier molecular flexibility index (Phi) is 5.92. The molecule has 0 aliphatic heterocycles. The monoisotopic (exact) mass is 322 g/mol. The smallest absolute Gasteiger partial charge is 0.0637 e. The molecule has 1 atom stereocenters. The number of benzene rings is 2. The van der Waals surface area contributed by atoms with Crippen LogP contribution in [0.5, 0.6) is 0 Å². The average Bonchev–Trinajstić information content (AvgIpc) is 2.49. The van der Waals surface area contributed by atoms with Crippen LogP contribution in [0.2, 0.25) is 10.0 Å². The van der Waals surface area contributed by atoms with Gasteiger partial charge in [-0.15, -0.1) is 0 Å². The van der Waals surface area contributed by atoms with Crippen molar-refractivity contribution in [2.75, 3.05) is 25.5 Å². The van der Waals surface area contributed by atoms with E-state index in [4.69, 9.17) is 23.2 Å². The number of hydrogen-bond acceptors (Lipinski definition) is 2. The van der Waals surface area contributed by atoms with Crippen LogP contribution in [0.15, 0.2) is 48.5 Å². The number of nitrogens with one attached hydrogen (secondary N) is 1. The number of para-hydroxylation sites is 1. The number of nitrogens with zero attached hydrogens (tertiary/aromatic N) is 1. The minimum Gasteiger partial charge on any atom is -0.383 e. The second kappa shape index (κ2) is 7.69. The van der Waals surface area contributed by atoms with Gasteiger partial charge in [-0.25, -0.2) is 0 Å². The molecule has 0 heterocycles. The minimum atomic E-state index is 0.270. The van der Waals surface area contributed by atoms with Crippen LogP contribution in [-0.2, 0) is 0 Å². The molecule has 0 saturated heterocycles. The number of halogens is 2. The van der Waals surface area contributed by atoms with Gasteiger partial charge in [-0.05, 0) is 37.7 Å². The van der Waals surface area contributed by atoms with Crippen LogP contribution >= 0.6 is 23.2 Å². The van der Waals surface area contributed by atoms with E-state index in [1.165, 1.54) is 0 Å². The summed E-state index contributed by atoms with van der Waals surface area (Å²) in [4.78, 5) is 2.27. The van der Waals surface area contributed by atoms with Crippen molar-refractivity contribution in [3.63, 3.8) is 0 Å². The summed E-state index contributed by atoms with van der Waals surface area (Å²) in [6.45, 7) is 3.89. The third-order valence-corrected chi connectivity index (χ3v) is 4.34. The zero-order valence-electron chi connectivity index (χ0n) is 12.3. The third-order valence-electron chi connectivity index (χ3n) is 3.67. The van der Waals surface area contributed by atoms with E-state index < -0.39 is 0 Å². The second-order valence-corrected chi connectivity index (χ2v) is 5.90. The van der Waals surface area contributed by atoms with E-state index in [0.717, 1.165) is 34.4 Å². The molecule has 112 valence electrons. The van der Waals surface area contributed by atoms with Crippen molar-refractivity contribution in [1.29, 1.82) is 0 Å².